The molecule has 0 aliphatic heterocycles. The van der Waals surface area contributed by atoms with Gasteiger partial charge in [-0.05, 0) is 92.4 Å². The topological polar surface area (TPSA) is 247 Å². The van der Waals surface area contributed by atoms with Crippen LogP contribution in [0.2, 0.25) is 0 Å². The fraction of sp³-hybridized carbons (Fsp3) is 0.451. The lowest BCUT2D eigenvalue weighted by atomic mass is 9.86. The van der Waals surface area contributed by atoms with Gasteiger partial charge in [-0.1, -0.05) is 142 Å². The summed E-state index contributed by atoms with van der Waals surface area (Å²) in [6.07, 6.45) is 8.87. The van der Waals surface area contributed by atoms with Crippen molar-refractivity contribution in [2.24, 2.45) is 23.7 Å². The zero-order valence-corrected chi connectivity index (χ0v) is 65.1. The van der Waals surface area contributed by atoms with Gasteiger partial charge in [0.2, 0.25) is 0 Å². The van der Waals surface area contributed by atoms with Crippen LogP contribution in [0, 0.1) is 23.7 Å². The van der Waals surface area contributed by atoms with Crippen molar-refractivity contribution in [3.63, 3.8) is 0 Å². The van der Waals surface area contributed by atoms with Gasteiger partial charge in [0.1, 0.15) is 25.0 Å². The van der Waals surface area contributed by atoms with Crippen LogP contribution in [-0.2, 0) is 83.5 Å². The molecular weight excluding hydrogens is 1620 g/mol. The highest BCUT2D eigenvalue weighted by Gasteiger charge is 2.28. The van der Waals surface area contributed by atoms with Crippen LogP contribution in [0.1, 0.15) is 115 Å². The molecule has 4 amide bonds. The van der Waals surface area contributed by atoms with Crippen LogP contribution in [0.25, 0.3) is 0 Å². The van der Waals surface area contributed by atoms with Crippen molar-refractivity contribution in [1.29, 1.82) is 0 Å². The van der Waals surface area contributed by atoms with Crippen molar-refractivity contribution in [3.8, 4) is 0 Å². The summed E-state index contributed by atoms with van der Waals surface area (Å²) in [7, 11) is 6.32. The molecule has 0 fully saturated rings. The molecule has 0 saturated carbocycles. The Morgan fingerprint density at radius 3 is 1.31 bits per heavy atom. The second-order valence-corrected chi connectivity index (χ2v) is 26.3. The van der Waals surface area contributed by atoms with Crippen LogP contribution in [0.4, 0.5) is 14.4 Å². The molecule has 0 saturated heterocycles. The normalized spacial score (nSPS) is 12.9. The lowest BCUT2D eigenvalue weighted by molar-refractivity contribution is -0.142. The fourth-order valence-electron chi connectivity index (χ4n) is 10.1. The molecule has 0 unspecified atom stereocenters. The second-order valence-electron chi connectivity index (χ2n) is 23.5. The van der Waals surface area contributed by atoms with E-state index in [0.717, 1.165) is 56.4 Å². The number of thiazole rings is 3. The number of ketones is 2. The predicted molar refractivity (Wildman–Crippen MR) is 409 cm³/mol. The minimum atomic E-state index is -0.813. The zero-order chi connectivity index (χ0) is 69.2. The molecule has 3 aromatic heterocycles. The Labute approximate surface area is 619 Å². The van der Waals surface area contributed by atoms with E-state index in [4.69, 9.17) is 24.1 Å². The number of benzene rings is 4. The average Bonchev–Trinajstić information content (AvgIpc) is 1.60. The molecule has 96 heavy (non-hydrogen) atoms. The van der Waals surface area contributed by atoms with Gasteiger partial charge in [0, 0.05) is 120 Å². The molecule has 0 spiro atoms. The van der Waals surface area contributed by atoms with Crippen molar-refractivity contribution in [1.82, 2.24) is 35.8 Å². The monoisotopic (exact) mass is 1710 g/mol. The summed E-state index contributed by atoms with van der Waals surface area (Å²) in [4.78, 5) is 91.3. The van der Waals surface area contributed by atoms with Crippen molar-refractivity contribution in [2.75, 3.05) is 48.2 Å². The number of methoxy groups -OCH3 is 3. The van der Waals surface area contributed by atoms with Crippen LogP contribution < -0.4 is 16.0 Å². The van der Waals surface area contributed by atoms with Crippen LogP contribution in [0.3, 0.4) is 0 Å². The molecular formula is C71H94I3N7O12S3. The van der Waals surface area contributed by atoms with Gasteiger partial charge in [-0.3, -0.25) is 24.4 Å². The van der Waals surface area contributed by atoms with Crippen molar-refractivity contribution < 1.29 is 57.6 Å². The molecule has 4 N–H and O–H groups in total. The number of aliphatic carboxylic acids is 1. The number of carbonyl (C=O) groups excluding carboxylic acids is 5. The summed E-state index contributed by atoms with van der Waals surface area (Å²) in [5.74, 6) is -0.766. The van der Waals surface area contributed by atoms with Crippen molar-refractivity contribution in [2.45, 2.75) is 136 Å². The van der Waals surface area contributed by atoms with Crippen LogP contribution in [-0.4, -0.2) is 127 Å². The summed E-state index contributed by atoms with van der Waals surface area (Å²) in [5.41, 5.74) is 8.81. The Morgan fingerprint density at radius 2 is 0.948 bits per heavy atom. The number of urea groups is 1. The third kappa shape index (κ3) is 35.3. The maximum atomic E-state index is 13.8. The Kier molecular flexibility index (Phi) is 44.0. The van der Waals surface area contributed by atoms with E-state index in [1.165, 1.54) is 47.4 Å². The SMILES string of the molecule is COC[C@H](C)C(=O)C[C@H](CC[C@H](Cc1ccccc1)NC(=O)OCc1cncs1)Cc1ccccc1.COC[C@H](C)C(=O)O.COC[C@H](NC(=O)N(C)Cc1csc(C(C)C)n1)C(=O)C[C@H](CC[C@H](Cc1ccccc1)NC(=O)OCc1cncs1)Cc1ccccc1.I.II. The minimum Gasteiger partial charge on any atom is -0.481 e. The van der Waals surface area contributed by atoms with Gasteiger partial charge in [-0.15, -0.1) is 58.0 Å². The first kappa shape index (κ1) is 84.7. The van der Waals surface area contributed by atoms with Gasteiger partial charge in [0.05, 0.1) is 63.8 Å². The minimum absolute atomic E-state index is 0. The van der Waals surface area contributed by atoms with E-state index >= 15 is 0 Å². The largest absolute Gasteiger partial charge is 0.481 e. The molecule has 19 nitrogen and oxygen atoms in total. The third-order valence-corrected chi connectivity index (χ3v) is 17.8. The second kappa shape index (κ2) is 49.9. The number of hydrogen-bond donors (Lipinski definition) is 4. The fourth-order valence-corrected chi connectivity index (χ4v) is 11.9. The van der Waals surface area contributed by atoms with Crippen molar-refractivity contribution in [3.05, 3.63) is 193 Å². The Bertz CT molecular complexity index is 3220. The zero-order valence-electron chi connectivity index (χ0n) is 56.0. The molecule has 7 atom stereocenters. The summed E-state index contributed by atoms with van der Waals surface area (Å²) >= 11 is 8.71. The van der Waals surface area contributed by atoms with Gasteiger partial charge in [0.25, 0.3) is 0 Å². The number of halogens is 3. The summed E-state index contributed by atoms with van der Waals surface area (Å²) in [5, 5.41) is 20.2. The number of hydrogen-bond acceptors (Lipinski definition) is 17. The summed E-state index contributed by atoms with van der Waals surface area (Å²) in [6, 6.07) is 39.0. The molecule has 4 aromatic carbocycles. The Morgan fingerprint density at radius 1 is 0.542 bits per heavy atom. The van der Waals surface area contributed by atoms with E-state index in [2.05, 4.69) is 123 Å². The highest BCUT2D eigenvalue weighted by atomic mass is 128. The number of nitrogens with one attached hydrogen (secondary N) is 3. The number of ether oxygens (including phenoxy) is 5. The highest BCUT2D eigenvalue weighted by Crippen LogP contribution is 2.26. The maximum absolute atomic E-state index is 13.8. The molecule has 7 aromatic rings. The number of amides is 4. The number of carboxylic acids is 1. The lowest BCUT2D eigenvalue weighted by Crippen LogP contribution is -2.49. The smallest absolute Gasteiger partial charge is 0.407 e. The molecule has 7 rings (SSSR count). The molecule has 3 heterocycles. The molecule has 0 aliphatic carbocycles. The molecule has 524 valence electrons. The lowest BCUT2D eigenvalue weighted by Gasteiger charge is -2.25. The molecule has 0 bridgehead atoms. The molecule has 0 radical (unpaired) electrons. The van der Waals surface area contributed by atoms with E-state index in [1.54, 1.807) is 55.8 Å². The number of alkyl carbamates (subject to hydrolysis) is 2. The van der Waals surface area contributed by atoms with Crippen molar-refractivity contribution >= 4 is 131 Å². The Balaban J connectivity index is 0.000000448. The summed E-state index contributed by atoms with van der Waals surface area (Å²) in [6.45, 7) is 9.18. The van der Waals surface area contributed by atoms with E-state index in [1.807, 2.05) is 97.2 Å². The molecule has 0 aliphatic rings. The number of rotatable bonds is 37. The van der Waals surface area contributed by atoms with E-state index in [0.29, 0.717) is 57.6 Å². The first-order valence-corrected chi connectivity index (χ1v) is 40.5. The number of nitrogens with zero attached hydrogens (tertiary/aromatic N) is 4. The predicted octanol–water partition coefficient (Wildman–Crippen LogP) is 15.6. The molecule has 25 heteroatoms. The van der Waals surface area contributed by atoms with E-state index in [-0.39, 0.29) is 110 Å². The van der Waals surface area contributed by atoms with Gasteiger partial charge in [-0.2, -0.15) is 0 Å². The van der Waals surface area contributed by atoms with Crippen LogP contribution in [0.5, 0.6) is 0 Å². The first-order valence-electron chi connectivity index (χ1n) is 31.5. The van der Waals surface area contributed by atoms with Gasteiger partial charge < -0.3 is 49.6 Å². The quantitative estimate of drug-likeness (QED) is 0.0264. The summed E-state index contributed by atoms with van der Waals surface area (Å²) < 4.78 is 26.1. The van der Waals surface area contributed by atoms with E-state index in [9.17, 15) is 28.8 Å². The highest BCUT2D eigenvalue weighted by molar-refractivity contribution is 15.0. The van der Waals surface area contributed by atoms with E-state index < -0.39 is 24.2 Å². The van der Waals surface area contributed by atoms with Gasteiger partial charge in [0.15, 0.2) is 5.78 Å². The van der Waals surface area contributed by atoms with Gasteiger partial charge in [-0.25, -0.2) is 19.4 Å². The maximum Gasteiger partial charge on any atom is 0.407 e. The van der Waals surface area contributed by atoms with Crippen LogP contribution in [0.15, 0.2) is 150 Å². The number of carboxylic acid groups (broad SMARTS) is 1. The first-order chi connectivity index (χ1) is 45.9. The number of carbonyl (C=O) groups is 6. The Hall–Kier alpha value is -5.54. The number of aromatic nitrogens is 3. The average molecular weight is 1710 g/mol. The van der Waals surface area contributed by atoms with Crippen LogP contribution >= 0.6 is 95.2 Å². The van der Waals surface area contributed by atoms with Gasteiger partial charge >= 0.3 is 24.2 Å². The number of Topliss-reactive ketones (excluding diaryl/α,β-unsaturated/α-hetero) is 2. The standard InChI is InChI=1S/C37H47N5O5S2.C29H36N2O4S.C5H10O3.I2.HI/c1-26(2)35-39-31(24-48-35)21-42(3)36(44)41-33(23-46-4)34(43)19-29(17-27-11-7-5-8-12-27)15-16-30(18-28-13-9-6-10-14-28)40-37(45)47-22-32-20-38-25-49-32;1-22(19-34-2)28(32)17-25(15-23-9-5-3-6-10-23)13-14-26(16-24-11-7-4-8-12-24)31-29(33)35-20-27-18-30-21-36-27;1-4(3-8-2)5(6)7;1-2;/h5-14,20,24-26,29-30,33H,15-19,21-23H2,1-4H3,(H,40,45)(H,41,44);3-12,18,21-22,25-26H,13-17,19-20H2,1-2H3,(H,31,33);4H,3H2,1-2H3,(H,6,7);;1H/t29-,30-,33+;22-,25+,26+;4-;;/m100../s1. The third-order valence-electron chi connectivity index (χ3n) is 15.1.